The highest BCUT2D eigenvalue weighted by Gasteiger charge is 2.60. The molecule has 0 bridgehead atoms. The Morgan fingerprint density at radius 1 is 1.17 bits per heavy atom. The van der Waals surface area contributed by atoms with Crippen molar-refractivity contribution >= 4 is 17.5 Å². The second-order valence-corrected chi connectivity index (χ2v) is 9.24. The highest BCUT2D eigenvalue weighted by molar-refractivity contribution is 6.24. The van der Waals surface area contributed by atoms with Crippen molar-refractivity contribution in [2.45, 2.75) is 24.9 Å². The summed E-state index contributed by atoms with van der Waals surface area (Å²) < 4.78 is 0. The molecule has 0 aliphatic heterocycles. The van der Waals surface area contributed by atoms with E-state index in [1.165, 1.54) is 6.08 Å². The summed E-state index contributed by atoms with van der Waals surface area (Å²) in [7, 11) is 0. The number of allylic oxidation sites excluding steroid dienone is 5. The van der Waals surface area contributed by atoms with E-state index in [4.69, 9.17) is 5.73 Å². The smallest absolute Gasteiger partial charge is 0.255 e. The highest BCUT2D eigenvalue weighted by Crippen LogP contribution is 2.53. The van der Waals surface area contributed by atoms with Gasteiger partial charge in [-0.15, -0.1) is 0 Å². The molecule has 1 heterocycles. The van der Waals surface area contributed by atoms with E-state index in [0.717, 1.165) is 0 Å². The van der Waals surface area contributed by atoms with Crippen molar-refractivity contribution in [1.82, 2.24) is 4.98 Å². The lowest BCUT2D eigenvalue weighted by Gasteiger charge is -2.47. The van der Waals surface area contributed by atoms with Crippen molar-refractivity contribution in [2.24, 2.45) is 29.4 Å². The number of Topliss-reactive ketones (excluding diaryl/α,β-unsaturated/α-hetero) is 2. The fraction of sp³-hybridized carbons (Fsp3) is 0.308. The van der Waals surface area contributed by atoms with Crippen LogP contribution >= 0.6 is 0 Å². The van der Waals surface area contributed by atoms with Gasteiger partial charge in [0.05, 0.1) is 0 Å². The molecule has 6 N–H and O–H groups in total. The van der Waals surface area contributed by atoms with Crippen LogP contribution in [-0.4, -0.2) is 48.5 Å². The minimum absolute atomic E-state index is 0.0506. The molecule has 4 aliphatic carbocycles. The molecule has 0 saturated heterocycles. The normalized spacial score (nSPS) is 31.9. The van der Waals surface area contributed by atoms with Gasteiger partial charge in [-0.25, -0.2) is 0 Å². The predicted molar refractivity (Wildman–Crippen MR) is 121 cm³/mol. The molecule has 9 nitrogen and oxygen atoms in total. The maximum absolute atomic E-state index is 13.5. The molecule has 178 valence electrons. The molecule has 1 amide bonds. The zero-order valence-corrected chi connectivity index (χ0v) is 18.4. The molecule has 1 aromatic rings. The topological polar surface area (TPSA) is 171 Å². The van der Waals surface area contributed by atoms with Crippen LogP contribution in [0.2, 0.25) is 0 Å². The molecule has 1 fully saturated rings. The Balaban J connectivity index is 1.56. The Hall–Kier alpha value is -4.16. The van der Waals surface area contributed by atoms with Gasteiger partial charge in [0.15, 0.2) is 11.4 Å². The van der Waals surface area contributed by atoms with Crippen molar-refractivity contribution in [3.05, 3.63) is 76.2 Å². The van der Waals surface area contributed by atoms with Crippen molar-refractivity contribution in [3.63, 3.8) is 0 Å². The summed E-state index contributed by atoms with van der Waals surface area (Å²) in [5.41, 5.74) is 2.42. The summed E-state index contributed by atoms with van der Waals surface area (Å²) in [6, 6.07) is 3.55. The number of pyridine rings is 1. The maximum atomic E-state index is 13.5. The third kappa shape index (κ3) is 3.29. The molecular weight excluding hydrogens is 452 g/mol. The quantitative estimate of drug-likeness (QED) is 0.301. The second kappa shape index (κ2) is 7.96. The van der Waals surface area contributed by atoms with Crippen LogP contribution in [0.25, 0.3) is 0 Å². The second-order valence-electron chi connectivity index (χ2n) is 9.24. The molecule has 0 aromatic carbocycles. The van der Waals surface area contributed by atoms with Gasteiger partial charge in [-0.05, 0) is 37.0 Å². The maximum Gasteiger partial charge on any atom is 0.255 e. The van der Waals surface area contributed by atoms with E-state index in [0.29, 0.717) is 12.0 Å². The number of aliphatic hydroxyl groups is 4. The van der Waals surface area contributed by atoms with E-state index in [2.05, 4.69) is 16.8 Å². The van der Waals surface area contributed by atoms with E-state index in [-0.39, 0.29) is 29.7 Å². The van der Waals surface area contributed by atoms with Crippen molar-refractivity contribution < 1.29 is 34.8 Å². The zero-order valence-electron chi connectivity index (χ0n) is 18.4. The number of rotatable bonds is 1. The Labute approximate surface area is 200 Å². The van der Waals surface area contributed by atoms with Crippen LogP contribution in [-0.2, 0) is 14.4 Å². The average Bonchev–Trinajstić information content (AvgIpc) is 2.81. The number of ketones is 2. The van der Waals surface area contributed by atoms with Gasteiger partial charge >= 0.3 is 0 Å². The van der Waals surface area contributed by atoms with Crippen LogP contribution in [0.1, 0.15) is 24.8 Å². The zero-order chi connectivity index (χ0) is 25.1. The van der Waals surface area contributed by atoms with Gasteiger partial charge in [0.1, 0.15) is 22.9 Å². The molecule has 1 aromatic heterocycles. The summed E-state index contributed by atoms with van der Waals surface area (Å²) in [6.45, 7) is 0. The number of aliphatic hydroxyl groups excluding tert-OH is 3. The van der Waals surface area contributed by atoms with Gasteiger partial charge in [-0.2, -0.15) is 0 Å². The molecule has 2 unspecified atom stereocenters. The van der Waals surface area contributed by atoms with Crippen LogP contribution in [0.3, 0.4) is 0 Å². The summed E-state index contributed by atoms with van der Waals surface area (Å²) in [5, 5.41) is 43.1. The number of hydrogen-bond acceptors (Lipinski definition) is 8. The van der Waals surface area contributed by atoms with E-state index in [1.54, 1.807) is 30.6 Å². The standard InChI is InChI=1S/C26H22N2O7/c27-25(34)21-18(30)10-15-8-14-9-16-13(4-3-12-2-1-7-28-11-12)5-6-17(29)20(16)22(31)19(14)23(32)26(15,35)24(21)33/h1-2,5-7,11,13-16,29-30,32,35H,8-10H2,(H2,27,34)/t13?,14-,15+,16?,26+/m1/s1. The van der Waals surface area contributed by atoms with E-state index >= 15 is 0 Å². The average molecular weight is 474 g/mol. The Morgan fingerprint density at radius 3 is 2.63 bits per heavy atom. The lowest BCUT2D eigenvalue weighted by Crippen LogP contribution is -2.57. The first-order chi connectivity index (χ1) is 16.6. The van der Waals surface area contributed by atoms with Crippen molar-refractivity contribution in [3.8, 4) is 11.8 Å². The van der Waals surface area contributed by atoms with Crippen LogP contribution < -0.4 is 5.73 Å². The fourth-order valence-corrected chi connectivity index (χ4v) is 5.71. The number of aromatic nitrogens is 1. The molecular formula is C26H22N2O7. The van der Waals surface area contributed by atoms with Crippen molar-refractivity contribution in [1.29, 1.82) is 0 Å². The lowest BCUT2D eigenvalue weighted by atomic mass is 9.57. The molecule has 5 rings (SSSR count). The van der Waals surface area contributed by atoms with Gasteiger partial charge < -0.3 is 26.2 Å². The molecule has 1 saturated carbocycles. The largest absolute Gasteiger partial charge is 0.511 e. The Morgan fingerprint density at radius 2 is 1.94 bits per heavy atom. The van der Waals surface area contributed by atoms with Gasteiger partial charge in [0.2, 0.25) is 5.78 Å². The molecule has 9 heteroatoms. The monoisotopic (exact) mass is 474 g/mol. The van der Waals surface area contributed by atoms with E-state index in [9.17, 15) is 34.8 Å². The first kappa shape index (κ1) is 22.6. The number of nitrogens with zero attached hydrogens (tertiary/aromatic N) is 1. The number of carbonyl (C=O) groups excluding carboxylic acids is 3. The van der Waals surface area contributed by atoms with E-state index in [1.807, 2.05) is 0 Å². The number of hydrogen-bond donors (Lipinski definition) is 5. The lowest BCUT2D eigenvalue weighted by molar-refractivity contribution is -0.145. The van der Waals surface area contributed by atoms with Gasteiger partial charge in [0, 0.05) is 53.3 Å². The summed E-state index contributed by atoms with van der Waals surface area (Å²) in [5.74, 6) is -1.07. The van der Waals surface area contributed by atoms with Crippen LogP contribution in [0.15, 0.2) is 70.7 Å². The van der Waals surface area contributed by atoms with Crippen molar-refractivity contribution in [2.75, 3.05) is 0 Å². The first-order valence-corrected chi connectivity index (χ1v) is 11.1. The summed E-state index contributed by atoms with van der Waals surface area (Å²) in [4.78, 5) is 42.3. The molecule has 35 heavy (non-hydrogen) atoms. The van der Waals surface area contributed by atoms with Gasteiger partial charge in [0.25, 0.3) is 5.91 Å². The molecule has 4 aliphatic rings. The number of amides is 1. The Kier molecular flexibility index (Phi) is 5.15. The summed E-state index contributed by atoms with van der Waals surface area (Å²) >= 11 is 0. The minimum Gasteiger partial charge on any atom is -0.511 e. The van der Waals surface area contributed by atoms with Gasteiger partial charge in [-0.1, -0.05) is 17.9 Å². The number of nitrogens with two attached hydrogens (primary N) is 1. The molecule has 5 atom stereocenters. The number of fused-ring (bicyclic) bond motifs is 3. The Bertz CT molecular complexity index is 1360. The minimum atomic E-state index is -2.56. The fourth-order valence-electron chi connectivity index (χ4n) is 5.71. The van der Waals surface area contributed by atoms with Crippen LogP contribution in [0, 0.1) is 35.5 Å². The first-order valence-electron chi connectivity index (χ1n) is 11.1. The molecule has 0 spiro atoms. The third-order valence-electron chi connectivity index (χ3n) is 7.35. The predicted octanol–water partition coefficient (Wildman–Crippen LogP) is 1.47. The SMILES string of the molecule is NC(=O)C1=C(O)C[C@@H]2C[C@@H]3CC4C(=C(O)C=CC4C#Cc4cccnc4)C(=O)C3=C(O)[C@]2(O)C1=O. The number of primary amides is 1. The number of carbonyl (C=O) groups is 3. The molecule has 0 radical (unpaired) electrons. The highest BCUT2D eigenvalue weighted by atomic mass is 16.3. The van der Waals surface area contributed by atoms with Crippen LogP contribution in [0.4, 0.5) is 0 Å². The summed E-state index contributed by atoms with van der Waals surface area (Å²) in [6.07, 6.45) is 6.49. The van der Waals surface area contributed by atoms with Crippen LogP contribution in [0.5, 0.6) is 0 Å². The van der Waals surface area contributed by atoms with E-state index < -0.39 is 63.8 Å². The van der Waals surface area contributed by atoms with Gasteiger partial charge in [-0.3, -0.25) is 19.4 Å². The third-order valence-corrected chi connectivity index (χ3v) is 7.35.